The third-order valence-corrected chi connectivity index (χ3v) is 2.34. The van der Waals surface area contributed by atoms with E-state index in [0.29, 0.717) is 6.54 Å². The Morgan fingerprint density at radius 3 is 2.71 bits per heavy atom. The van der Waals surface area contributed by atoms with E-state index in [1.807, 2.05) is 30.3 Å². The molecule has 0 aliphatic carbocycles. The molecule has 0 unspecified atom stereocenters. The van der Waals surface area contributed by atoms with Crippen molar-refractivity contribution in [2.24, 2.45) is 0 Å². The first-order valence-electron chi connectivity index (χ1n) is 5.00. The molecule has 88 valence electrons. The molecule has 0 saturated heterocycles. The van der Waals surface area contributed by atoms with Crippen LogP contribution in [0.15, 0.2) is 36.5 Å². The first-order valence-corrected chi connectivity index (χ1v) is 5.00. The molecule has 2 aromatic rings. The summed E-state index contributed by atoms with van der Waals surface area (Å²) in [4.78, 5) is 10.2. The van der Waals surface area contributed by atoms with Crippen LogP contribution in [0.2, 0.25) is 0 Å². The van der Waals surface area contributed by atoms with Gasteiger partial charge in [0.25, 0.3) is 5.88 Å². The summed E-state index contributed by atoms with van der Waals surface area (Å²) in [5, 5.41) is 14.7. The van der Waals surface area contributed by atoms with Crippen LogP contribution >= 0.6 is 0 Å². The number of hydrogen-bond acceptors (Lipinski definition) is 4. The highest BCUT2D eigenvalue weighted by Crippen LogP contribution is 2.26. The average Bonchev–Trinajstić information content (AvgIpc) is 2.73. The Kier molecular flexibility index (Phi) is 3.04. The van der Waals surface area contributed by atoms with Gasteiger partial charge in [-0.2, -0.15) is 5.10 Å². The topological polar surface area (TPSA) is 70.2 Å². The predicted molar refractivity (Wildman–Crippen MR) is 61.0 cm³/mol. The number of hydrogen-bond donors (Lipinski definition) is 0. The van der Waals surface area contributed by atoms with Crippen LogP contribution in [-0.4, -0.2) is 21.8 Å². The first kappa shape index (κ1) is 11.1. The quantitative estimate of drug-likeness (QED) is 0.596. The van der Waals surface area contributed by atoms with Gasteiger partial charge in [0.2, 0.25) is 0 Å². The summed E-state index contributed by atoms with van der Waals surface area (Å²) < 4.78 is 6.47. The molecule has 0 saturated carbocycles. The van der Waals surface area contributed by atoms with E-state index >= 15 is 0 Å². The molecule has 0 fully saturated rings. The molecule has 0 bridgehead atoms. The zero-order valence-corrected chi connectivity index (χ0v) is 9.24. The van der Waals surface area contributed by atoms with E-state index in [9.17, 15) is 10.1 Å². The Labute approximate surface area is 97.6 Å². The minimum Gasteiger partial charge on any atom is -0.476 e. The number of nitrogens with zero attached hydrogens (tertiary/aromatic N) is 3. The van der Waals surface area contributed by atoms with Crippen molar-refractivity contribution in [2.45, 2.75) is 6.54 Å². The van der Waals surface area contributed by atoms with Gasteiger partial charge in [-0.3, -0.25) is 10.1 Å². The molecular weight excluding hydrogens is 222 g/mol. The highest BCUT2D eigenvalue weighted by atomic mass is 16.6. The number of ether oxygens (including phenoxy) is 1. The molecule has 17 heavy (non-hydrogen) atoms. The number of methoxy groups -OCH3 is 1. The molecule has 1 aromatic carbocycles. The van der Waals surface area contributed by atoms with Crippen LogP contribution in [0.3, 0.4) is 0 Å². The van der Waals surface area contributed by atoms with E-state index in [-0.39, 0.29) is 11.6 Å². The lowest BCUT2D eigenvalue weighted by molar-refractivity contribution is -0.385. The van der Waals surface area contributed by atoms with E-state index in [1.54, 1.807) is 0 Å². The fourth-order valence-electron chi connectivity index (χ4n) is 1.57. The Morgan fingerprint density at radius 2 is 2.12 bits per heavy atom. The van der Waals surface area contributed by atoms with Gasteiger partial charge >= 0.3 is 5.69 Å². The number of aromatic nitrogens is 2. The minimum absolute atomic E-state index is 0.122. The zero-order chi connectivity index (χ0) is 12.3. The van der Waals surface area contributed by atoms with Crippen LogP contribution in [0.5, 0.6) is 5.88 Å². The smallest absolute Gasteiger partial charge is 0.350 e. The van der Waals surface area contributed by atoms with Crippen molar-refractivity contribution < 1.29 is 9.66 Å². The maximum absolute atomic E-state index is 10.7. The third kappa shape index (κ3) is 2.25. The largest absolute Gasteiger partial charge is 0.476 e. The van der Waals surface area contributed by atoms with Crippen LogP contribution in [0, 0.1) is 10.1 Å². The van der Waals surface area contributed by atoms with E-state index in [4.69, 9.17) is 4.74 Å². The number of rotatable bonds is 4. The van der Waals surface area contributed by atoms with Gasteiger partial charge in [0.05, 0.1) is 18.6 Å². The van der Waals surface area contributed by atoms with Crippen molar-refractivity contribution in [3.63, 3.8) is 0 Å². The lowest BCUT2D eigenvalue weighted by Gasteiger charge is -2.05. The van der Waals surface area contributed by atoms with Crippen LogP contribution in [0.25, 0.3) is 0 Å². The maximum Gasteiger partial charge on any atom is 0.350 e. The highest BCUT2D eigenvalue weighted by molar-refractivity contribution is 5.39. The lowest BCUT2D eigenvalue weighted by atomic mass is 10.2. The summed E-state index contributed by atoms with van der Waals surface area (Å²) in [6.07, 6.45) is 1.20. The van der Waals surface area contributed by atoms with Gasteiger partial charge in [-0.15, -0.1) is 0 Å². The molecule has 1 heterocycles. The summed E-state index contributed by atoms with van der Waals surface area (Å²) in [6, 6.07) is 9.56. The maximum atomic E-state index is 10.7. The normalized spacial score (nSPS) is 10.2. The molecule has 0 N–H and O–H groups in total. The van der Waals surface area contributed by atoms with Gasteiger partial charge in [-0.25, -0.2) is 4.68 Å². The minimum atomic E-state index is -0.507. The van der Waals surface area contributed by atoms with Gasteiger partial charge in [-0.05, 0) is 5.56 Å². The predicted octanol–water partition coefficient (Wildman–Crippen LogP) is 1.85. The Hall–Kier alpha value is -2.37. The molecule has 0 radical (unpaired) electrons. The number of nitro groups is 1. The summed E-state index contributed by atoms with van der Waals surface area (Å²) in [7, 11) is 1.39. The second-order valence-electron chi connectivity index (χ2n) is 3.44. The van der Waals surface area contributed by atoms with Crippen LogP contribution in [-0.2, 0) is 6.54 Å². The molecule has 0 aliphatic rings. The molecule has 0 aliphatic heterocycles. The summed E-state index contributed by atoms with van der Waals surface area (Å²) >= 11 is 0. The highest BCUT2D eigenvalue weighted by Gasteiger charge is 2.21. The molecule has 0 atom stereocenters. The third-order valence-electron chi connectivity index (χ3n) is 2.34. The fraction of sp³-hybridized carbons (Fsp3) is 0.182. The van der Waals surface area contributed by atoms with Crippen molar-refractivity contribution in [1.29, 1.82) is 0 Å². The summed E-state index contributed by atoms with van der Waals surface area (Å²) in [5.74, 6) is 0.166. The molecule has 0 spiro atoms. The summed E-state index contributed by atoms with van der Waals surface area (Å²) in [5.41, 5.74) is 0.882. The number of benzene rings is 1. The van der Waals surface area contributed by atoms with E-state index in [1.165, 1.54) is 18.0 Å². The van der Waals surface area contributed by atoms with Crippen molar-refractivity contribution in [3.05, 3.63) is 52.2 Å². The second-order valence-corrected chi connectivity index (χ2v) is 3.44. The summed E-state index contributed by atoms with van der Waals surface area (Å²) in [6.45, 7) is 0.442. The molecule has 2 rings (SSSR count). The lowest BCUT2D eigenvalue weighted by Crippen LogP contribution is -2.04. The van der Waals surface area contributed by atoms with Crippen molar-refractivity contribution >= 4 is 5.69 Å². The van der Waals surface area contributed by atoms with Gasteiger partial charge in [0.1, 0.15) is 6.20 Å². The van der Waals surface area contributed by atoms with E-state index in [0.717, 1.165) is 5.56 Å². The van der Waals surface area contributed by atoms with Gasteiger partial charge in [0.15, 0.2) is 0 Å². The van der Waals surface area contributed by atoms with Crippen molar-refractivity contribution in [1.82, 2.24) is 9.78 Å². The van der Waals surface area contributed by atoms with Crippen molar-refractivity contribution in [3.8, 4) is 5.88 Å². The monoisotopic (exact) mass is 233 g/mol. The van der Waals surface area contributed by atoms with Crippen molar-refractivity contribution in [2.75, 3.05) is 7.11 Å². The standard InChI is InChI=1S/C11H11N3O3/c1-17-11-10(14(15)16)7-12-13(11)8-9-5-3-2-4-6-9/h2-7H,8H2,1H3. The fourth-order valence-corrected chi connectivity index (χ4v) is 1.57. The molecular formula is C11H11N3O3. The van der Waals surface area contributed by atoms with Crippen LogP contribution in [0.1, 0.15) is 5.56 Å². The van der Waals surface area contributed by atoms with Gasteiger partial charge < -0.3 is 4.74 Å². The molecule has 1 aromatic heterocycles. The molecule has 6 nitrogen and oxygen atoms in total. The SMILES string of the molecule is COc1c([N+](=O)[O-])cnn1Cc1ccccc1. The van der Waals surface area contributed by atoms with Gasteiger partial charge in [0, 0.05) is 0 Å². The van der Waals surface area contributed by atoms with Crippen LogP contribution in [0.4, 0.5) is 5.69 Å². The van der Waals surface area contributed by atoms with Gasteiger partial charge in [-0.1, -0.05) is 30.3 Å². The molecule has 6 heteroatoms. The van der Waals surface area contributed by atoms with Crippen LogP contribution < -0.4 is 4.74 Å². The molecule has 0 amide bonds. The van der Waals surface area contributed by atoms with E-state index < -0.39 is 4.92 Å². The Bertz CT molecular complexity index is 522. The Balaban J connectivity index is 2.31. The second kappa shape index (κ2) is 4.65. The average molecular weight is 233 g/mol. The van der Waals surface area contributed by atoms with E-state index in [2.05, 4.69) is 5.10 Å². The zero-order valence-electron chi connectivity index (χ0n) is 9.24. The first-order chi connectivity index (χ1) is 8.22. The Morgan fingerprint density at radius 1 is 1.41 bits per heavy atom.